The number of nitrogens with zero attached hydrogens (tertiary/aromatic N) is 1. The SMILES string of the molecule is Cc1cc(NC(=O)C2CCN(S(=O)(=O)NC(C)CNC=O)C2)ccc1F. The summed E-state index contributed by atoms with van der Waals surface area (Å²) < 4.78 is 41.6. The molecular formula is C16H23FN4O4S. The van der Waals surface area contributed by atoms with Crippen LogP contribution >= 0.6 is 0 Å². The maximum atomic E-state index is 13.3. The van der Waals surface area contributed by atoms with Gasteiger partial charge in [0.2, 0.25) is 12.3 Å². The molecule has 8 nitrogen and oxygen atoms in total. The van der Waals surface area contributed by atoms with Crippen molar-refractivity contribution in [1.29, 1.82) is 0 Å². The van der Waals surface area contributed by atoms with E-state index in [-0.39, 0.29) is 31.4 Å². The van der Waals surface area contributed by atoms with Crippen molar-refractivity contribution >= 4 is 28.2 Å². The lowest BCUT2D eigenvalue weighted by molar-refractivity contribution is -0.119. The molecule has 1 aliphatic rings. The molecule has 1 heterocycles. The summed E-state index contributed by atoms with van der Waals surface area (Å²) in [4.78, 5) is 22.6. The summed E-state index contributed by atoms with van der Waals surface area (Å²) in [5.41, 5.74) is 0.891. The van der Waals surface area contributed by atoms with Crippen LogP contribution in [0.15, 0.2) is 18.2 Å². The second-order valence-electron chi connectivity index (χ2n) is 6.35. The summed E-state index contributed by atoms with van der Waals surface area (Å²) in [5.74, 6) is -1.14. The molecule has 10 heteroatoms. The van der Waals surface area contributed by atoms with Crippen molar-refractivity contribution in [2.75, 3.05) is 25.0 Å². The molecule has 0 radical (unpaired) electrons. The molecule has 1 aromatic rings. The van der Waals surface area contributed by atoms with E-state index < -0.39 is 22.2 Å². The van der Waals surface area contributed by atoms with E-state index in [1.54, 1.807) is 13.8 Å². The first-order valence-electron chi connectivity index (χ1n) is 8.24. The van der Waals surface area contributed by atoms with E-state index in [9.17, 15) is 22.4 Å². The van der Waals surface area contributed by atoms with E-state index in [1.165, 1.54) is 22.5 Å². The van der Waals surface area contributed by atoms with Crippen molar-refractivity contribution in [3.8, 4) is 0 Å². The molecule has 26 heavy (non-hydrogen) atoms. The molecule has 0 aromatic heterocycles. The monoisotopic (exact) mass is 386 g/mol. The highest BCUT2D eigenvalue weighted by Crippen LogP contribution is 2.21. The number of benzene rings is 1. The summed E-state index contributed by atoms with van der Waals surface area (Å²) >= 11 is 0. The summed E-state index contributed by atoms with van der Waals surface area (Å²) in [6.07, 6.45) is 0.895. The number of carbonyl (C=O) groups excluding carboxylic acids is 2. The zero-order valence-electron chi connectivity index (χ0n) is 14.7. The third kappa shape index (κ3) is 5.23. The predicted molar refractivity (Wildman–Crippen MR) is 95.0 cm³/mol. The van der Waals surface area contributed by atoms with Crippen molar-refractivity contribution in [2.24, 2.45) is 5.92 Å². The van der Waals surface area contributed by atoms with Gasteiger partial charge in [-0.3, -0.25) is 9.59 Å². The van der Waals surface area contributed by atoms with E-state index in [0.717, 1.165) is 0 Å². The van der Waals surface area contributed by atoms with Crippen LogP contribution in [0.2, 0.25) is 0 Å². The molecule has 3 N–H and O–H groups in total. The molecule has 2 amide bonds. The number of anilines is 1. The quantitative estimate of drug-likeness (QED) is 0.561. The van der Waals surface area contributed by atoms with Crippen LogP contribution in [-0.4, -0.2) is 50.7 Å². The molecule has 144 valence electrons. The van der Waals surface area contributed by atoms with E-state index in [1.807, 2.05) is 0 Å². The Labute approximate surface area is 152 Å². The highest BCUT2D eigenvalue weighted by Gasteiger charge is 2.35. The van der Waals surface area contributed by atoms with Crippen LogP contribution in [0.1, 0.15) is 18.9 Å². The van der Waals surface area contributed by atoms with Gasteiger partial charge in [0, 0.05) is 31.4 Å². The summed E-state index contributed by atoms with van der Waals surface area (Å²) in [6.45, 7) is 3.69. The van der Waals surface area contributed by atoms with Gasteiger partial charge in [-0.15, -0.1) is 0 Å². The van der Waals surface area contributed by atoms with Crippen LogP contribution < -0.4 is 15.4 Å². The standard InChI is InChI=1S/C16H23FN4O4S/c1-11-7-14(3-4-15(11)17)19-16(23)13-5-6-21(9-13)26(24,25)20-12(2)8-18-10-22/h3-4,7,10,12-13,20H,5-6,8-9H2,1-2H3,(H,18,22)(H,19,23). The van der Waals surface area contributed by atoms with Gasteiger partial charge in [0.1, 0.15) is 5.82 Å². The molecule has 2 atom stereocenters. The van der Waals surface area contributed by atoms with Crippen LogP contribution in [-0.2, 0) is 19.8 Å². The summed E-state index contributed by atoms with van der Waals surface area (Å²) in [7, 11) is -3.74. The third-order valence-electron chi connectivity index (χ3n) is 4.14. The Balaban J connectivity index is 1.93. The Bertz CT molecular complexity index is 772. The van der Waals surface area contributed by atoms with Crippen LogP contribution in [0.4, 0.5) is 10.1 Å². The first kappa shape index (κ1) is 20.3. The van der Waals surface area contributed by atoms with Gasteiger partial charge in [0.25, 0.3) is 10.2 Å². The fourth-order valence-corrected chi connectivity index (χ4v) is 4.19. The minimum atomic E-state index is -3.74. The Morgan fingerprint density at radius 2 is 2.19 bits per heavy atom. The van der Waals surface area contributed by atoms with Gasteiger partial charge in [0.05, 0.1) is 5.92 Å². The van der Waals surface area contributed by atoms with Crippen LogP contribution in [0.25, 0.3) is 0 Å². The lowest BCUT2D eigenvalue weighted by Gasteiger charge is -2.20. The number of carbonyl (C=O) groups is 2. The number of hydrogen-bond donors (Lipinski definition) is 3. The molecule has 1 aliphatic heterocycles. The average molecular weight is 386 g/mol. The fraction of sp³-hybridized carbons (Fsp3) is 0.500. The first-order chi connectivity index (χ1) is 12.2. The molecule has 0 spiro atoms. The molecule has 0 bridgehead atoms. The molecule has 1 aromatic carbocycles. The highest BCUT2D eigenvalue weighted by molar-refractivity contribution is 7.87. The second kappa shape index (κ2) is 8.56. The zero-order chi connectivity index (χ0) is 19.3. The average Bonchev–Trinajstić information content (AvgIpc) is 3.07. The van der Waals surface area contributed by atoms with Crippen molar-refractivity contribution in [2.45, 2.75) is 26.3 Å². The van der Waals surface area contributed by atoms with E-state index >= 15 is 0 Å². The Kier molecular flexibility index (Phi) is 6.68. The summed E-state index contributed by atoms with van der Waals surface area (Å²) in [6, 6.07) is 3.79. The second-order valence-corrected chi connectivity index (χ2v) is 8.05. The van der Waals surface area contributed by atoms with E-state index in [4.69, 9.17) is 0 Å². The molecule has 2 rings (SSSR count). The Hall–Kier alpha value is -2.04. The number of hydrogen-bond acceptors (Lipinski definition) is 4. The first-order valence-corrected chi connectivity index (χ1v) is 9.68. The number of amides is 2. The maximum absolute atomic E-state index is 13.3. The largest absolute Gasteiger partial charge is 0.357 e. The van der Waals surface area contributed by atoms with Crippen molar-refractivity contribution in [3.05, 3.63) is 29.6 Å². The van der Waals surface area contributed by atoms with Crippen LogP contribution in [0.5, 0.6) is 0 Å². The van der Waals surface area contributed by atoms with Gasteiger partial charge >= 0.3 is 0 Å². The van der Waals surface area contributed by atoms with Gasteiger partial charge in [-0.1, -0.05) is 0 Å². The number of nitrogens with one attached hydrogen (secondary N) is 3. The topological polar surface area (TPSA) is 108 Å². The minimum Gasteiger partial charge on any atom is -0.357 e. The normalized spacial score (nSPS) is 19.1. The third-order valence-corrected chi connectivity index (χ3v) is 5.86. The lowest BCUT2D eigenvalue weighted by atomic mass is 10.1. The van der Waals surface area contributed by atoms with Crippen molar-refractivity contribution in [3.63, 3.8) is 0 Å². The maximum Gasteiger partial charge on any atom is 0.279 e. The Morgan fingerprint density at radius 1 is 1.46 bits per heavy atom. The van der Waals surface area contributed by atoms with Crippen LogP contribution in [0.3, 0.4) is 0 Å². The molecule has 1 fully saturated rings. The lowest BCUT2D eigenvalue weighted by Crippen LogP contribution is -2.46. The molecule has 1 saturated heterocycles. The van der Waals surface area contributed by atoms with Gasteiger partial charge in [0.15, 0.2) is 0 Å². The molecule has 0 aliphatic carbocycles. The number of rotatable bonds is 8. The van der Waals surface area contributed by atoms with Gasteiger partial charge in [-0.25, -0.2) is 4.39 Å². The zero-order valence-corrected chi connectivity index (χ0v) is 15.5. The van der Waals surface area contributed by atoms with Gasteiger partial charge in [-0.05, 0) is 44.0 Å². The predicted octanol–water partition coefficient (Wildman–Crippen LogP) is 0.363. The van der Waals surface area contributed by atoms with Crippen molar-refractivity contribution < 1.29 is 22.4 Å². The smallest absolute Gasteiger partial charge is 0.279 e. The number of halogens is 1. The molecule has 0 saturated carbocycles. The van der Waals surface area contributed by atoms with Gasteiger partial charge < -0.3 is 10.6 Å². The Morgan fingerprint density at radius 3 is 2.85 bits per heavy atom. The fourth-order valence-electron chi connectivity index (χ4n) is 2.72. The van der Waals surface area contributed by atoms with Gasteiger partial charge in [-0.2, -0.15) is 17.4 Å². The summed E-state index contributed by atoms with van der Waals surface area (Å²) in [5, 5.41) is 5.10. The molecular weight excluding hydrogens is 363 g/mol. The van der Waals surface area contributed by atoms with Crippen molar-refractivity contribution in [1.82, 2.24) is 14.3 Å². The molecule has 2 unspecified atom stereocenters. The highest BCUT2D eigenvalue weighted by atomic mass is 32.2. The number of aryl methyl sites for hydroxylation is 1. The minimum absolute atomic E-state index is 0.0647. The van der Waals surface area contributed by atoms with Crippen LogP contribution in [0, 0.1) is 18.7 Å². The van der Waals surface area contributed by atoms with E-state index in [2.05, 4.69) is 15.4 Å². The van der Waals surface area contributed by atoms with E-state index in [0.29, 0.717) is 24.1 Å².